The second-order valence-electron chi connectivity index (χ2n) is 5.31. The Bertz CT molecular complexity index is 624. The summed E-state index contributed by atoms with van der Waals surface area (Å²) in [7, 11) is -0.345. The van der Waals surface area contributed by atoms with Gasteiger partial charge in [0.05, 0.1) is 20.5 Å². The Balaban J connectivity index is 2.75. The molecular formula is C16H26N2O5S. The van der Waals surface area contributed by atoms with Gasteiger partial charge in [0, 0.05) is 19.6 Å². The predicted octanol–water partition coefficient (Wildman–Crippen LogP) is 1.50. The number of rotatable bonds is 10. The van der Waals surface area contributed by atoms with Gasteiger partial charge in [0.1, 0.15) is 17.1 Å². The van der Waals surface area contributed by atoms with Crippen molar-refractivity contribution < 1.29 is 22.7 Å². The molecule has 0 unspecified atom stereocenters. The quantitative estimate of drug-likeness (QED) is 0.685. The Labute approximate surface area is 144 Å². The molecule has 0 aliphatic rings. The number of nitrogens with zero attached hydrogens (tertiary/aromatic N) is 1. The van der Waals surface area contributed by atoms with E-state index in [-0.39, 0.29) is 19.0 Å². The normalized spacial score (nSPS) is 11.4. The molecule has 0 spiro atoms. The summed E-state index contributed by atoms with van der Waals surface area (Å²) >= 11 is 0. The molecule has 24 heavy (non-hydrogen) atoms. The molecular weight excluding hydrogens is 332 g/mol. The molecule has 1 aromatic rings. The van der Waals surface area contributed by atoms with E-state index >= 15 is 0 Å². The number of hydrogen-bond acceptors (Lipinski definition) is 5. The highest BCUT2D eigenvalue weighted by molar-refractivity contribution is 7.88. The van der Waals surface area contributed by atoms with Crippen LogP contribution in [0.15, 0.2) is 18.2 Å². The van der Waals surface area contributed by atoms with Crippen molar-refractivity contribution in [1.82, 2.24) is 9.62 Å². The molecule has 8 heteroatoms. The molecule has 0 saturated carbocycles. The van der Waals surface area contributed by atoms with Gasteiger partial charge in [0.25, 0.3) is 5.91 Å². The first kappa shape index (κ1) is 20.2. The van der Waals surface area contributed by atoms with Crippen LogP contribution in [0.3, 0.4) is 0 Å². The first-order valence-corrected chi connectivity index (χ1v) is 9.64. The predicted molar refractivity (Wildman–Crippen MR) is 93.2 cm³/mol. The summed E-state index contributed by atoms with van der Waals surface area (Å²) in [6, 6.07) is 5.06. The number of nitrogens with one attached hydrogen (secondary N) is 1. The molecule has 0 aromatic heterocycles. The third-order valence-electron chi connectivity index (χ3n) is 3.53. The van der Waals surface area contributed by atoms with Crippen molar-refractivity contribution in [2.24, 2.45) is 0 Å². The number of carbonyl (C=O) groups excluding carboxylic acids is 1. The number of carbonyl (C=O) groups is 1. The van der Waals surface area contributed by atoms with E-state index in [0.29, 0.717) is 23.6 Å². The van der Waals surface area contributed by atoms with E-state index in [1.807, 2.05) is 6.92 Å². The molecule has 7 nitrogen and oxygen atoms in total. The van der Waals surface area contributed by atoms with Crippen molar-refractivity contribution in [3.8, 4) is 11.5 Å². The van der Waals surface area contributed by atoms with Crippen LogP contribution in [0.2, 0.25) is 0 Å². The SMILES string of the molecule is CCCCN(CCNC(=O)c1c(OC)cccc1OC)S(C)(=O)=O. The van der Waals surface area contributed by atoms with Crippen LogP contribution < -0.4 is 14.8 Å². The van der Waals surface area contributed by atoms with E-state index in [9.17, 15) is 13.2 Å². The summed E-state index contributed by atoms with van der Waals surface area (Å²) in [5.41, 5.74) is 0.293. The standard InChI is InChI=1S/C16H26N2O5S/c1-5-6-11-18(24(4,20)21)12-10-17-16(19)15-13(22-2)8-7-9-14(15)23-3/h7-9H,5-6,10-12H2,1-4H3,(H,17,19). The molecule has 1 amide bonds. The number of amides is 1. The van der Waals surface area contributed by atoms with Crippen molar-refractivity contribution in [1.29, 1.82) is 0 Å². The topological polar surface area (TPSA) is 84.9 Å². The Morgan fingerprint density at radius 3 is 2.21 bits per heavy atom. The van der Waals surface area contributed by atoms with Crippen LogP contribution in [-0.4, -0.2) is 58.7 Å². The lowest BCUT2D eigenvalue weighted by molar-refractivity contribution is 0.0945. The van der Waals surface area contributed by atoms with Gasteiger partial charge >= 0.3 is 0 Å². The van der Waals surface area contributed by atoms with Crippen LogP contribution in [0, 0.1) is 0 Å². The zero-order valence-electron chi connectivity index (χ0n) is 14.7. The van der Waals surface area contributed by atoms with Crippen molar-refractivity contribution in [3.05, 3.63) is 23.8 Å². The third kappa shape index (κ3) is 5.68. The maximum atomic E-state index is 12.4. The van der Waals surface area contributed by atoms with E-state index < -0.39 is 10.0 Å². The van der Waals surface area contributed by atoms with Crippen LogP contribution in [0.5, 0.6) is 11.5 Å². The fourth-order valence-electron chi connectivity index (χ4n) is 2.24. The van der Waals surface area contributed by atoms with E-state index in [1.165, 1.54) is 24.8 Å². The van der Waals surface area contributed by atoms with Crippen LogP contribution in [0.25, 0.3) is 0 Å². The van der Waals surface area contributed by atoms with Gasteiger partial charge in [0.15, 0.2) is 0 Å². The first-order chi connectivity index (χ1) is 11.3. The van der Waals surface area contributed by atoms with Crippen LogP contribution >= 0.6 is 0 Å². The largest absolute Gasteiger partial charge is 0.496 e. The molecule has 1 N–H and O–H groups in total. The minimum atomic E-state index is -3.29. The highest BCUT2D eigenvalue weighted by atomic mass is 32.2. The first-order valence-electron chi connectivity index (χ1n) is 7.79. The molecule has 0 aliphatic carbocycles. The summed E-state index contributed by atoms with van der Waals surface area (Å²) in [6.07, 6.45) is 2.85. The van der Waals surface area contributed by atoms with E-state index in [0.717, 1.165) is 12.8 Å². The Morgan fingerprint density at radius 2 is 1.75 bits per heavy atom. The Kier molecular flexibility index (Phi) is 8.00. The second-order valence-corrected chi connectivity index (χ2v) is 7.29. The molecule has 0 bridgehead atoms. The maximum Gasteiger partial charge on any atom is 0.258 e. The smallest absolute Gasteiger partial charge is 0.258 e. The summed E-state index contributed by atoms with van der Waals surface area (Å²) in [4.78, 5) is 12.4. The fourth-order valence-corrected chi connectivity index (χ4v) is 3.12. The summed E-state index contributed by atoms with van der Waals surface area (Å²) < 4.78 is 35.3. The van der Waals surface area contributed by atoms with Crippen molar-refractivity contribution in [2.45, 2.75) is 19.8 Å². The van der Waals surface area contributed by atoms with Gasteiger partial charge in [-0.2, -0.15) is 0 Å². The molecule has 1 rings (SSSR count). The summed E-state index contributed by atoms with van der Waals surface area (Å²) in [6.45, 7) is 2.87. The maximum absolute atomic E-state index is 12.4. The van der Waals surface area contributed by atoms with E-state index in [4.69, 9.17) is 9.47 Å². The minimum absolute atomic E-state index is 0.205. The van der Waals surface area contributed by atoms with Gasteiger partial charge in [-0.05, 0) is 18.6 Å². The lowest BCUT2D eigenvalue weighted by Crippen LogP contribution is -2.38. The molecule has 1 aromatic carbocycles. The lowest BCUT2D eigenvalue weighted by Gasteiger charge is -2.20. The summed E-state index contributed by atoms with van der Waals surface area (Å²) in [5.74, 6) is 0.434. The highest BCUT2D eigenvalue weighted by Crippen LogP contribution is 2.27. The highest BCUT2D eigenvalue weighted by Gasteiger charge is 2.19. The number of methoxy groups -OCH3 is 2. The number of sulfonamides is 1. The van der Waals surface area contributed by atoms with E-state index in [2.05, 4.69) is 5.32 Å². The van der Waals surface area contributed by atoms with Gasteiger partial charge in [-0.25, -0.2) is 12.7 Å². The van der Waals surface area contributed by atoms with Gasteiger partial charge in [-0.1, -0.05) is 19.4 Å². The monoisotopic (exact) mass is 358 g/mol. The third-order valence-corrected chi connectivity index (χ3v) is 4.83. The van der Waals surface area contributed by atoms with E-state index in [1.54, 1.807) is 18.2 Å². The number of unbranched alkanes of at least 4 members (excludes halogenated alkanes) is 1. The van der Waals surface area contributed by atoms with Crippen molar-refractivity contribution in [2.75, 3.05) is 40.1 Å². The van der Waals surface area contributed by atoms with Gasteiger partial charge in [0.2, 0.25) is 10.0 Å². The molecule has 0 fully saturated rings. The Morgan fingerprint density at radius 1 is 1.17 bits per heavy atom. The van der Waals surface area contributed by atoms with Crippen molar-refractivity contribution >= 4 is 15.9 Å². The number of ether oxygens (including phenoxy) is 2. The molecule has 136 valence electrons. The number of benzene rings is 1. The molecule has 0 atom stereocenters. The Hall–Kier alpha value is -1.80. The summed E-state index contributed by atoms with van der Waals surface area (Å²) in [5, 5.41) is 2.72. The molecule has 0 radical (unpaired) electrons. The van der Waals surface area contributed by atoms with Gasteiger partial charge in [-0.15, -0.1) is 0 Å². The van der Waals surface area contributed by atoms with Crippen LogP contribution in [0.4, 0.5) is 0 Å². The fraction of sp³-hybridized carbons (Fsp3) is 0.562. The zero-order chi connectivity index (χ0) is 18.2. The second kappa shape index (κ2) is 9.48. The average Bonchev–Trinajstić information content (AvgIpc) is 2.55. The number of hydrogen-bond donors (Lipinski definition) is 1. The lowest BCUT2D eigenvalue weighted by atomic mass is 10.1. The van der Waals surface area contributed by atoms with Gasteiger partial charge in [-0.3, -0.25) is 4.79 Å². The minimum Gasteiger partial charge on any atom is -0.496 e. The van der Waals surface area contributed by atoms with Crippen LogP contribution in [-0.2, 0) is 10.0 Å². The zero-order valence-corrected chi connectivity index (χ0v) is 15.5. The van der Waals surface area contributed by atoms with Crippen molar-refractivity contribution in [3.63, 3.8) is 0 Å². The average molecular weight is 358 g/mol. The van der Waals surface area contributed by atoms with Crippen LogP contribution in [0.1, 0.15) is 30.1 Å². The molecule has 0 heterocycles. The molecule has 0 saturated heterocycles. The molecule has 0 aliphatic heterocycles. The van der Waals surface area contributed by atoms with Gasteiger partial charge < -0.3 is 14.8 Å².